The average Bonchev–Trinajstić information content (AvgIpc) is 2.98. The van der Waals surface area contributed by atoms with Crippen LogP contribution in [0.25, 0.3) is 0 Å². The Balaban J connectivity index is 0.00000106. The Morgan fingerprint density at radius 1 is 1.29 bits per heavy atom. The highest BCUT2D eigenvalue weighted by Gasteiger charge is 2.13. The molecule has 1 aliphatic carbocycles. The van der Waals surface area contributed by atoms with Crippen LogP contribution in [0, 0.1) is 13.8 Å². The number of carbonyl (C=O) groups is 1. The third-order valence-corrected chi connectivity index (χ3v) is 3.36. The predicted octanol–water partition coefficient (Wildman–Crippen LogP) is 3.65. The van der Waals surface area contributed by atoms with Crippen molar-refractivity contribution >= 4 is 5.78 Å². The van der Waals surface area contributed by atoms with E-state index in [-0.39, 0.29) is 16.9 Å². The van der Waals surface area contributed by atoms with Crippen molar-refractivity contribution in [2.24, 2.45) is 7.05 Å². The van der Waals surface area contributed by atoms with Crippen molar-refractivity contribution in [3.05, 3.63) is 69.2 Å². The molecule has 0 saturated heterocycles. The Hall–Kier alpha value is -2.16. The Morgan fingerprint density at radius 2 is 1.95 bits per heavy atom. The highest BCUT2D eigenvalue weighted by molar-refractivity contribution is 6.05. The number of carbonyl (C=O) groups excluding carboxylic acids is 1. The summed E-state index contributed by atoms with van der Waals surface area (Å²) in [5.41, 5.74) is 2.69. The fourth-order valence-corrected chi connectivity index (χ4v) is 2.13. The number of hydrogen-bond acceptors (Lipinski definition) is 2. The summed E-state index contributed by atoms with van der Waals surface area (Å²) in [5.74, 6) is -0.231. The fourth-order valence-electron chi connectivity index (χ4n) is 2.13. The monoisotopic (exact) mass is 285 g/mol. The van der Waals surface area contributed by atoms with E-state index in [0.29, 0.717) is 0 Å². The number of allylic oxidation sites excluding steroid dienone is 6. The Bertz CT molecular complexity index is 673. The van der Waals surface area contributed by atoms with Crippen LogP contribution >= 0.6 is 0 Å². The van der Waals surface area contributed by atoms with E-state index in [4.69, 9.17) is 0 Å². The molecule has 0 amide bonds. The summed E-state index contributed by atoms with van der Waals surface area (Å²) in [6.45, 7) is 7.65. The molecule has 112 valence electrons. The molecule has 0 N–H and O–H groups in total. The Kier molecular flexibility index (Phi) is 6.10. The van der Waals surface area contributed by atoms with Gasteiger partial charge in [0.1, 0.15) is 0 Å². The van der Waals surface area contributed by atoms with Gasteiger partial charge in [-0.05, 0) is 43.5 Å². The van der Waals surface area contributed by atoms with Crippen LogP contribution in [0.4, 0.5) is 0 Å². The fraction of sp³-hybridized carbons (Fsp3) is 0.333. The van der Waals surface area contributed by atoms with Crippen LogP contribution in [-0.2, 0) is 7.05 Å². The number of aryl methyl sites for hydroxylation is 2. The summed E-state index contributed by atoms with van der Waals surface area (Å²) < 4.78 is 1.50. The standard InChI is InChI=1S/C16H17NO2.C2H6/c1-11-10-12(2)17(3)16(19)15(11)14(18)9-8-13-6-4-5-7-13;1-2/h4-6,8-10H,7H2,1-3H3;1-2H3/b9-8+;. The predicted molar refractivity (Wildman–Crippen MR) is 87.8 cm³/mol. The molecule has 0 spiro atoms. The molecule has 0 aromatic carbocycles. The average molecular weight is 285 g/mol. The van der Waals surface area contributed by atoms with Crippen LogP contribution in [0.3, 0.4) is 0 Å². The van der Waals surface area contributed by atoms with E-state index in [0.717, 1.165) is 23.3 Å². The van der Waals surface area contributed by atoms with E-state index in [1.54, 1.807) is 20.0 Å². The molecule has 1 heterocycles. The van der Waals surface area contributed by atoms with Gasteiger partial charge in [0.2, 0.25) is 0 Å². The highest BCUT2D eigenvalue weighted by atomic mass is 16.1. The van der Waals surface area contributed by atoms with Gasteiger partial charge in [0.05, 0.1) is 5.56 Å². The molecule has 0 radical (unpaired) electrons. The lowest BCUT2D eigenvalue weighted by molar-refractivity contribution is 0.104. The van der Waals surface area contributed by atoms with Crippen molar-refractivity contribution in [1.82, 2.24) is 4.57 Å². The van der Waals surface area contributed by atoms with E-state index < -0.39 is 0 Å². The zero-order chi connectivity index (χ0) is 16.0. The smallest absolute Gasteiger partial charge is 0.261 e. The van der Waals surface area contributed by atoms with Crippen molar-refractivity contribution < 1.29 is 4.79 Å². The van der Waals surface area contributed by atoms with Crippen molar-refractivity contribution in [3.63, 3.8) is 0 Å². The number of ketones is 1. The molecule has 0 bridgehead atoms. The molecule has 0 saturated carbocycles. The summed E-state index contributed by atoms with van der Waals surface area (Å²) in [6, 6.07) is 1.86. The first kappa shape index (κ1) is 16.9. The minimum atomic E-state index is -0.231. The van der Waals surface area contributed by atoms with Crippen LogP contribution in [0.2, 0.25) is 0 Å². The molecule has 3 nitrogen and oxygen atoms in total. The normalized spacial score (nSPS) is 13.1. The van der Waals surface area contributed by atoms with Crippen LogP contribution in [0.15, 0.2) is 46.8 Å². The van der Waals surface area contributed by atoms with E-state index in [1.165, 1.54) is 10.6 Å². The lowest BCUT2D eigenvalue weighted by atomic mass is 10.0. The summed E-state index contributed by atoms with van der Waals surface area (Å²) in [5, 5.41) is 0. The lowest BCUT2D eigenvalue weighted by Crippen LogP contribution is -2.26. The van der Waals surface area contributed by atoms with Gasteiger partial charge in [-0.3, -0.25) is 9.59 Å². The summed E-state index contributed by atoms with van der Waals surface area (Å²) in [7, 11) is 1.68. The quantitative estimate of drug-likeness (QED) is 0.628. The van der Waals surface area contributed by atoms with Crippen molar-refractivity contribution in [2.45, 2.75) is 34.1 Å². The highest BCUT2D eigenvalue weighted by Crippen LogP contribution is 2.13. The number of nitrogens with zero attached hydrogens (tertiary/aromatic N) is 1. The van der Waals surface area contributed by atoms with Gasteiger partial charge in [0.15, 0.2) is 5.78 Å². The molecule has 0 unspecified atom stereocenters. The van der Waals surface area contributed by atoms with Crippen molar-refractivity contribution in [3.8, 4) is 0 Å². The molecule has 0 atom stereocenters. The molecule has 2 rings (SSSR count). The van der Waals surface area contributed by atoms with Crippen LogP contribution in [0.5, 0.6) is 0 Å². The lowest BCUT2D eigenvalue weighted by Gasteiger charge is -2.08. The molecular formula is C18H23NO2. The minimum Gasteiger partial charge on any atom is -0.315 e. The SMILES string of the molecule is CC.Cc1cc(C)n(C)c(=O)c1C(=O)/C=C/C1=CC=CC1. The zero-order valence-electron chi connectivity index (χ0n) is 13.4. The zero-order valence-corrected chi connectivity index (χ0v) is 13.4. The molecule has 0 aliphatic heterocycles. The molecule has 21 heavy (non-hydrogen) atoms. The molecule has 0 fully saturated rings. The third-order valence-electron chi connectivity index (χ3n) is 3.36. The number of aromatic nitrogens is 1. The van der Waals surface area contributed by atoms with Gasteiger partial charge >= 0.3 is 0 Å². The first-order chi connectivity index (χ1) is 10.0. The van der Waals surface area contributed by atoms with E-state index in [2.05, 4.69) is 0 Å². The molecule has 1 aromatic heterocycles. The first-order valence-electron chi connectivity index (χ1n) is 7.26. The van der Waals surface area contributed by atoms with Gasteiger partial charge in [0, 0.05) is 12.7 Å². The Morgan fingerprint density at radius 3 is 2.52 bits per heavy atom. The second-order valence-corrected chi connectivity index (χ2v) is 4.78. The van der Waals surface area contributed by atoms with Gasteiger partial charge in [-0.15, -0.1) is 0 Å². The molecule has 3 heteroatoms. The molecule has 1 aliphatic rings. The second kappa shape index (κ2) is 7.58. The van der Waals surface area contributed by atoms with Gasteiger partial charge in [0.25, 0.3) is 5.56 Å². The maximum absolute atomic E-state index is 12.2. The summed E-state index contributed by atoms with van der Waals surface area (Å²) in [6.07, 6.45) is 10.1. The van der Waals surface area contributed by atoms with E-state index >= 15 is 0 Å². The third kappa shape index (κ3) is 3.91. The molecular weight excluding hydrogens is 262 g/mol. The largest absolute Gasteiger partial charge is 0.315 e. The number of pyridine rings is 1. The number of rotatable bonds is 3. The van der Waals surface area contributed by atoms with Gasteiger partial charge in [-0.1, -0.05) is 38.2 Å². The second-order valence-electron chi connectivity index (χ2n) is 4.78. The van der Waals surface area contributed by atoms with Gasteiger partial charge in [-0.2, -0.15) is 0 Å². The van der Waals surface area contributed by atoms with Crippen LogP contribution < -0.4 is 5.56 Å². The first-order valence-corrected chi connectivity index (χ1v) is 7.26. The number of hydrogen-bond donors (Lipinski definition) is 0. The van der Waals surface area contributed by atoms with E-state index in [1.807, 2.05) is 45.1 Å². The van der Waals surface area contributed by atoms with Crippen LogP contribution in [0.1, 0.15) is 41.9 Å². The summed E-state index contributed by atoms with van der Waals surface area (Å²) >= 11 is 0. The summed E-state index contributed by atoms with van der Waals surface area (Å²) in [4.78, 5) is 24.3. The van der Waals surface area contributed by atoms with Crippen molar-refractivity contribution in [1.29, 1.82) is 0 Å². The van der Waals surface area contributed by atoms with Crippen LogP contribution in [-0.4, -0.2) is 10.4 Å². The topological polar surface area (TPSA) is 39.1 Å². The maximum Gasteiger partial charge on any atom is 0.261 e. The molecule has 1 aromatic rings. The minimum absolute atomic E-state index is 0.231. The van der Waals surface area contributed by atoms with Gasteiger partial charge < -0.3 is 4.57 Å². The van der Waals surface area contributed by atoms with Crippen molar-refractivity contribution in [2.75, 3.05) is 0 Å². The van der Waals surface area contributed by atoms with Gasteiger partial charge in [-0.25, -0.2) is 0 Å². The van der Waals surface area contributed by atoms with E-state index in [9.17, 15) is 9.59 Å². The Labute approximate surface area is 126 Å². The maximum atomic E-state index is 12.2.